The molecule has 154 valence electrons. The first-order valence-corrected chi connectivity index (χ1v) is 11.6. The Bertz CT molecular complexity index is 1410. The van der Waals surface area contributed by atoms with Crippen molar-refractivity contribution in [1.82, 2.24) is 24.7 Å². The molecule has 3 aromatic heterocycles. The van der Waals surface area contributed by atoms with E-state index >= 15 is 0 Å². The van der Waals surface area contributed by atoms with Crippen LogP contribution in [-0.2, 0) is 0 Å². The van der Waals surface area contributed by atoms with Crippen LogP contribution in [0, 0.1) is 6.92 Å². The molecule has 0 aliphatic rings. The van der Waals surface area contributed by atoms with E-state index in [-0.39, 0.29) is 10.8 Å². The van der Waals surface area contributed by atoms with Crippen LogP contribution in [0.25, 0.3) is 27.0 Å². The molecule has 31 heavy (non-hydrogen) atoms. The Kier molecular flexibility index (Phi) is 5.17. The summed E-state index contributed by atoms with van der Waals surface area (Å²) in [5.74, 6) is 1.44. The van der Waals surface area contributed by atoms with Crippen LogP contribution in [-0.4, -0.2) is 24.7 Å². The number of hydrogen-bond acceptors (Lipinski definition) is 6. The second-order valence-electron chi connectivity index (χ2n) is 7.11. The number of H-pyrrole nitrogens is 1. The maximum Gasteiger partial charge on any atom is 0.260 e. The number of nitrogens with one attached hydrogen (secondary N) is 1. The Morgan fingerprint density at radius 1 is 1.03 bits per heavy atom. The van der Waals surface area contributed by atoms with Gasteiger partial charge < -0.3 is 4.98 Å². The first-order valence-electron chi connectivity index (χ1n) is 9.83. The highest BCUT2D eigenvalue weighted by atomic mass is 32.2. The van der Waals surface area contributed by atoms with Crippen molar-refractivity contribution in [2.75, 3.05) is 0 Å². The molecule has 1 atom stereocenters. The fourth-order valence-corrected chi connectivity index (χ4v) is 5.42. The molecule has 0 fully saturated rings. The van der Waals surface area contributed by atoms with E-state index in [4.69, 9.17) is 4.98 Å². The number of nitrogens with zero attached hydrogens (tertiary/aromatic N) is 4. The van der Waals surface area contributed by atoms with Crippen LogP contribution in [0.5, 0.6) is 0 Å². The zero-order valence-electron chi connectivity index (χ0n) is 16.9. The van der Waals surface area contributed by atoms with Gasteiger partial charge >= 0.3 is 0 Å². The van der Waals surface area contributed by atoms with Gasteiger partial charge in [-0.25, -0.2) is 4.98 Å². The van der Waals surface area contributed by atoms with E-state index in [2.05, 4.69) is 15.2 Å². The van der Waals surface area contributed by atoms with Crippen LogP contribution in [0.2, 0.25) is 0 Å². The molecule has 0 saturated heterocycles. The van der Waals surface area contributed by atoms with Crippen molar-refractivity contribution in [3.05, 3.63) is 88.0 Å². The van der Waals surface area contributed by atoms with Crippen LogP contribution in [0.1, 0.15) is 23.8 Å². The lowest BCUT2D eigenvalue weighted by molar-refractivity contribution is 0.851. The van der Waals surface area contributed by atoms with E-state index in [0.29, 0.717) is 11.2 Å². The number of benzene rings is 2. The summed E-state index contributed by atoms with van der Waals surface area (Å²) in [4.78, 5) is 21.5. The summed E-state index contributed by atoms with van der Waals surface area (Å²) in [6, 6.07) is 19.9. The third-order valence-corrected chi connectivity index (χ3v) is 6.95. The minimum absolute atomic E-state index is 0.106. The number of hydrogen-bond donors (Lipinski definition) is 1. The Morgan fingerprint density at radius 2 is 1.74 bits per heavy atom. The van der Waals surface area contributed by atoms with Crippen LogP contribution in [0.4, 0.5) is 0 Å². The van der Waals surface area contributed by atoms with Gasteiger partial charge in [0, 0.05) is 16.6 Å². The molecule has 0 spiro atoms. The standard InChI is InChI=1S/C23H19N5OS2/c1-14(31-23-27-26-15(2)28(23)17-11-7-4-8-12-17)20-24-21(29)19-18(13-30-22(19)25-20)16-9-5-3-6-10-16/h3-14H,1-2H3,(H,24,25,29). The molecule has 6 nitrogen and oxygen atoms in total. The minimum Gasteiger partial charge on any atom is -0.309 e. The molecule has 2 aromatic carbocycles. The lowest BCUT2D eigenvalue weighted by Crippen LogP contribution is -2.12. The maximum absolute atomic E-state index is 13.0. The highest BCUT2D eigenvalue weighted by molar-refractivity contribution is 7.99. The smallest absolute Gasteiger partial charge is 0.260 e. The second-order valence-corrected chi connectivity index (χ2v) is 9.27. The normalized spacial score (nSPS) is 12.3. The van der Waals surface area contributed by atoms with E-state index in [1.807, 2.05) is 84.5 Å². The van der Waals surface area contributed by atoms with Gasteiger partial charge in [-0.2, -0.15) is 0 Å². The molecule has 5 rings (SSSR count). The van der Waals surface area contributed by atoms with Gasteiger partial charge in [0.2, 0.25) is 0 Å². The monoisotopic (exact) mass is 445 g/mol. The number of thiophene rings is 1. The van der Waals surface area contributed by atoms with E-state index in [9.17, 15) is 4.79 Å². The van der Waals surface area contributed by atoms with Crippen molar-refractivity contribution in [1.29, 1.82) is 0 Å². The number of aromatic amines is 1. The van der Waals surface area contributed by atoms with Crippen LogP contribution in [0.3, 0.4) is 0 Å². The molecule has 3 heterocycles. The lowest BCUT2D eigenvalue weighted by atomic mass is 10.1. The number of para-hydroxylation sites is 1. The van der Waals surface area contributed by atoms with Gasteiger partial charge in [-0.3, -0.25) is 9.36 Å². The summed E-state index contributed by atoms with van der Waals surface area (Å²) in [6.07, 6.45) is 0. The Balaban J connectivity index is 1.50. The van der Waals surface area contributed by atoms with Crippen molar-refractivity contribution in [3.8, 4) is 16.8 Å². The summed E-state index contributed by atoms with van der Waals surface area (Å²) < 4.78 is 2.01. The van der Waals surface area contributed by atoms with Gasteiger partial charge in [0.15, 0.2) is 5.16 Å². The molecular weight excluding hydrogens is 426 g/mol. The van der Waals surface area contributed by atoms with E-state index in [1.165, 1.54) is 23.1 Å². The number of fused-ring (bicyclic) bond motifs is 1. The van der Waals surface area contributed by atoms with Gasteiger partial charge in [0.1, 0.15) is 16.5 Å². The summed E-state index contributed by atoms with van der Waals surface area (Å²) in [7, 11) is 0. The van der Waals surface area contributed by atoms with Crippen molar-refractivity contribution in [3.63, 3.8) is 0 Å². The highest BCUT2D eigenvalue weighted by Gasteiger charge is 2.20. The zero-order chi connectivity index (χ0) is 21.4. The summed E-state index contributed by atoms with van der Waals surface area (Å²) in [6.45, 7) is 3.94. The van der Waals surface area contributed by atoms with Gasteiger partial charge in [0.05, 0.1) is 10.6 Å². The first kappa shape index (κ1) is 19.7. The van der Waals surface area contributed by atoms with Crippen molar-refractivity contribution in [2.24, 2.45) is 0 Å². The topological polar surface area (TPSA) is 76.5 Å². The third-order valence-electron chi connectivity index (χ3n) is 5.02. The molecule has 0 bridgehead atoms. The minimum atomic E-state index is -0.117. The fourth-order valence-electron chi connectivity index (χ4n) is 3.50. The predicted molar refractivity (Wildman–Crippen MR) is 126 cm³/mol. The fraction of sp³-hybridized carbons (Fsp3) is 0.130. The SMILES string of the molecule is Cc1nnc(SC(C)c2nc3scc(-c4ccccc4)c3c(=O)[nH]2)n1-c1ccccc1. The van der Waals surface area contributed by atoms with Crippen LogP contribution in [0.15, 0.2) is 76.0 Å². The molecule has 0 radical (unpaired) electrons. The second kappa shape index (κ2) is 8.13. The van der Waals surface area contributed by atoms with Gasteiger partial charge in [-0.15, -0.1) is 21.5 Å². The Hall–Kier alpha value is -3.23. The lowest BCUT2D eigenvalue weighted by Gasteiger charge is -2.12. The Morgan fingerprint density at radius 3 is 2.48 bits per heavy atom. The zero-order valence-corrected chi connectivity index (χ0v) is 18.6. The van der Waals surface area contributed by atoms with E-state index in [0.717, 1.165) is 32.6 Å². The third kappa shape index (κ3) is 3.68. The summed E-state index contributed by atoms with van der Waals surface area (Å²) in [5.41, 5.74) is 2.82. The van der Waals surface area contributed by atoms with Crippen molar-refractivity contribution in [2.45, 2.75) is 24.3 Å². The molecule has 0 aliphatic heterocycles. The van der Waals surface area contributed by atoms with Gasteiger partial charge in [-0.05, 0) is 31.5 Å². The van der Waals surface area contributed by atoms with Crippen molar-refractivity contribution < 1.29 is 0 Å². The Labute approximate surface area is 187 Å². The van der Waals surface area contributed by atoms with E-state index in [1.54, 1.807) is 0 Å². The molecule has 5 aromatic rings. The molecule has 1 unspecified atom stereocenters. The average Bonchev–Trinajstić information content (AvgIpc) is 3.39. The predicted octanol–water partition coefficient (Wildman–Crippen LogP) is 5.39. The summed E-state index contributed by atoms with van der Waals surface area (Å²) in [5, 5.41) is 11.9. The molecule has 0 saturated carbocycles. The molecule has 0 amide bonds. The highest BCUT2D eigenvalue weighted by Crippen LogP contribution is 2.35. The van der Waals surface area contributed by atoms with Crippen LogP contribution >= 0.6 is 23.1 Å². The molecule has 8 heteroatoms. The molecular formula is C23H19N5OS2. The number of aromatic nitrogens is 5. The number of rotatable bonds is 5. The van der Waals surface area contributed by atoms with Crippen molar-refractivity contribution >= 4 is 33.3 Å². The first-order chi connectivity index (χ1) is 15.1. The number of thioether (sulfide) groups is 1. The molecule has 0 aliphatic carbocycles. The van der Waals surface area contributed by atoms with E-state index < -0.39 is 0 Å². The van der Waals surface area contributed by atoms with Gasteiger partial charge in [-0.1, -0.05) is 60.3 Å². The molecule has 1 N–H and O–H groups in total. The maximum atomic E-state index is 13.0. The van der Waals surface area contributed by atoms with Crippen LogP contribution < -0.4 is 5.56 Å². The number of aryl methyl sites for hydroxylation is 1. The van der Waals surface area contributed by atoms with Gasteiger partial charge in [0.25, 0.3) is 5.56 Å². The quantitative estimate of drug-likeness (QED) is 0.367. The summed E-state index contributed by atoms with van der Waals surface area (Å²) >= 11 is 3.01. The average molecular weight is 446 g/mol. The largest absolute Gasteiger partial charge is 0.309 e.